The van der Waals surface area contributed by atoms with Gasteiger partial charge in [-0.05, 0) is 116 Å². The summed E-state index contributed by atoms with van der Waals surface area (Å²) >= 11 is 11.8. The maximum absolute atomic E-state index is 10.5. The summed E-state index contributed by atoms with van der Waals surface area (Å²) in [6.45, 7) is 0. The van der Waals surface area contributed by atoms with Crippen molar-refractivity contribution in [1.29, 1.82) is 0 Å². The van der Waals surface area contributed by atoms with Crippen LogP contribution in [0.3, 0.4) is 0 Å². The summed E-state index contributed by atoms with van der Waals surface area (Å²) in [5.41, 5.74) is 4.12. The van der Waals surface area contributed by atoms with Gasteiger partial charge in [0.05, 0.1) is 36.9 Å². The van der Waals surface area contributed by atoms with Gasteiger partial charge in [-0.15, -0.1) is 0 Å². The van der Waals surface area contributed by atoms with Crippen LogP contribution in [0.4, 0.5) is 0 Å². The van der Waals surface area contributed by atoms with E-state index in [0.29, 0.717) is 12.1 Å². The number of aliphatic hydroxyl groups is 1. The lowest BCUT2D eigenvalue weighted by atomic mass is 9.93. The first-order valence-electron chi connectivity index (χ1n) is 12.2. The molecule has 4 aromatic heterocycles. The summed E-state index contributed by atoms with van der Waals surface area (Å²) in [6.07, 6.45) is 15.0. The van der Waals surface area contributed by atoms with E-state index in [1.807, 2.05) is 35.9 Å². The van der Waals surface area contributed by atoms with Crippen molar-refractivity contribution >= 4 is 77.0 Å². The van der Waals surface area contributed by atoms with Crippen molar-refractivity contribution < 1.29 is 5.11 Å². The van der Waals surface area contributed by atoms with Crippen LogP contribution in [-0.4, -0.2) is 44.2 Å². The lowest BCUT2D eigenvalue weighted by Crippen LogP contribution is -2.18. The van der Waals surface area contributed by atoms with Crippen LogP contribution < -0.4 is 0 Å². The smallest absolute Gasteiger partial charge is 0.112 e. The Morgan fingerprint density at radius 1 is 0.784 bits per heavy atom. The van der Waals surface area contributed by atoms with Crippen LogP contribution in [0.2, 0.25) is 0 Å². The van der Waals surface area contributed by atoms with E-state index in [1.54, 1.807) is 17.1 Å². The Morgan fingerprint density at radius 3 is 1.81 bits per heavy atom. The van der Waals surface area contributed by atoms with E-state index < -0.39 is 6.10 Å². The van der Waals surface area contributed by atoms with E-state index in [-0.39, 0.29) is 0 Å². The van der Waals surface area contributed by atoms with Gasteiger partial charge in [-0.3, -0.25) is 18.7 Å². The molecular weight excluding hydrogens is 830 g/mol. The Labute approximate surface area is 259 Å². The number of aliphatic hydroxyl groups excluding tert-OH is 1. The molecule has 1 unspecified atom stereocenters. The molecule has 0 radical (unpaired) electrons. The van der Waals surface area contributed by atoms with Gasteiger partial charge in [0.15, 0.2) is 0 Å². The largest absolute Gasteiger partial charge is 0.383 e. The van der Waals surface area contributed by atoms with E-state index in [0.717, 1.165) is 30.5 Å². The molecule has 0 aliphatic heterocycles. The molecule has 13 heteroatoms. The van der Waals surface area contributed by atoms with Crippen molar-refractivity contribution in [2.45, 2.75) is 63.1 Å². The number of nitrogens with zero attached hydrogens (tertiary/aromatic N) is 8. The standard InChI is InChI=1S/C12H14BrIN4O.C12H14BrIN4/c1-17-12(14)9(6-15-17)10(19)8-5-16-18(11(8)13)7-3-2-4-7;1-17-12(14)9(7-15-17)5-8-6-16-18(11(8)13)10-3-2-4-10/h5-7,10,19H,2-4H2,1H3;6-7,10H,2-5H2,1H3. The quantitative estimate of drug-likeness (QED) is 0.238. The maximum atomic E-state index is 10.5. The monoisotopic (exact) mass is 856 g/mol. The number of hydrogen-bond acceptors (Lipinski definition) is 5. The Bertz CT molecular complexity index is 1390. The minimum Gasteiger partial charge on any atom is -0.383 e. The molecule has 0 spiro atoms. The van der Waals surface area contributed by atoms with E-state index in [1.165, 1.54) is 53.4 Å². The first kappa shape index (κ1) is 27.8. The fourth-order valence-electron chi connectivity index (χ4n) is 4.40. The van der Waals surface area contributed by atoms with Crippen molar-refractivity contribution in [3.05, 3.63) is 63.6 Å². The Kier molecular flexibility index (Phi) is 8.83. The van der Waals surface area contributed by atoms with Crippen LogP contribution in [0.25, 0.3) is 0 Å². The van der Waals surface area contributed by atoms with E-state index in [2.05, 4.69) is 102 Å². The van der Waals surface area contributed by atoms with Crippen molar-refractivity contribution in [2.75, 3.05) is 0 Å². The van der Waals surface area contributed by atoms with E-state index in [9.17, 15) is 5.11 Å². The molecule has 4 heterocycles. The number of aryl methyl sites for hydroxylation is 2. The van der Waals surface area contributed by atoms with Gasteiger partial charge in [-0.25, -0.2) is 0 Å². The Morgan fingerprint density at radius 2 is 1.30 bits per heavy atom. The van der Waals surface area contributed by atoms with Crippen molar-refractivity contribution in [2.24, 2.45) is 14.1 Å². The van der Waals surface area contributed by atoms with Crippen LogP contribution in [0.5, 0.6) is 0 Å². The van der Waals surface area contributed by atoms with E-state index in [4.69, 9.17) is 0 Å². The fourth-order valence-corrected chi connectivity index (χ4v) is 6.74. The number of halogens is 4. The molecule has 37 heavy (non-hydrogen) atoms. The number of aromatic nitrogens is 8. The zero-order valence-electron chi connectivity index (χ0n) is 20.5. The summed E-state index contributed by atoms with van der Waals surface area (Å²) in [5, 5.41) is 27.9. The summed E-state index contributed by atoms with van der Waals surface area (Å²) in [6, 6.07) is 1.07. The molecule has 9 nitrogen and oxygen atoms in total. The molecular formula is C24H28Br2I2N8O. The zero-order valence-corrected chi connectivity index (χ0v) is 28.0. The first-order valence-corrected chi connectivity index (χ1v) is 16.0. The normalized spacial score (nSPS) is 16.7. The van der Waals surface area contributed by atoms with Gasteiger partial charge < -0.3 is 5.11 Å². The van der Waals surface area contributed by atoms with Gasteiger partial charge in [0, 0.05) is 42.8 Å². The van der Waals surface area contributed by atoms with Gasteiger partial charge in [0.1, 0.15) is 22.7 Å². The van der Waals surface area contributed by atoms with Crippen LogP contribution in [0.15, 0.2) is 34.0 Å². The van der Waals surface area contributed by atoms with Crippen LogP contribution in [0, 0.1) is 7.40 Å². The molecule has 1 atom stereocenters. The predicted molar refractivity (Wildman–Crippen MR) is 164 cm³/mol. The van der Waals surface area contributed by atoms with Gasteiger partial charge in [0.25, 0.3) is 0 Å². The summed E-state index contributed by atoms with van der Waals surface area (Å²) in [5.74, 6) is 0. The minimum atomic E-state index is -0.691. The molecule has 2 aliphatic carbocycles. The number of hydrogen-bond donors (Lipinski definition) is 1. The highest BCUT2D eigenvalue weighted by Gasteiger charge is 2.27. The molecule has 2 fully saturated rings. The van der Waals surface area contributed by atoms with Gasteiger partial charge in [-0.2, -0.15) is 20.4 Å². The molecule has 1 N–H and O–H groups in total. The van der Waals surface area contributed by atoms with Gasteiger partial charge in [-0.1, -0.05) is 0 Å². The molecule has 0 saturated heterocycles. The third-order valence-electron chi connectivity index (χ3n) is 7.20. The first-order chi connectivity index (χ1) is 17.8. The van der Waals surface area contributed by atoms with Crippen molar-refractivity contribution in [3.63, 3.8) is 0 Å². The zero-order chi connectivity index (χ0) is 26.3. The molecule has 6 rings (SSSR count). The summed E-state index contributed by atoms with van der Waals surface area (Å²) in [4.78, 5) is 0. The SMILES string of the molecule is Cn1ncc(C(O)c2cnn(C3CCC3)c2Br)c1I.Cn1ncc(Cc2cnn(C3CCC3)c2Br)c1I. The predicted octanol–water partition coefficient (Wildman–Crippen LogP) is 6.09. The molecule has 2 saturated carbocycles. The molecule has 0 amide bonds. The maximum Gasteiger partial charge on any atom is 0.112 e. The van der Waals surface area contributed by atoms with Crippen LogP contribution in [-0.2, 0) is 20.5 Å². The minimum absolute atomic E-state index is 0.475. The molecule has 198 valence electrons. The average Bonchev–Trinajstić information content (AvgIpc) is 3.54. The van der Waals surface area contributed by atoms with Gasteiger partial charge in [0.2, 0.25) is 0 Å². The Hall–Kier alpha value is -0.780. The third-order valence-corrected chi connectivity index (χ3v) is 11.6. The second-order valence-electron chi connectivity index (χ2n) is 9.59. The molecule has 0 bridgehead atoms. The average molecular weight is 858 g/mol. The van der Waals surface area contributed by atoms with Crippen LogP contribution >= 0.6 is 77.0 Å². The lowest BCUT2D eigenvalue weighted by molar-refractivity contribution is 0.217. The third kappa shape index (κ3) is 5.61. The van der Waals surface area contributed by atoms with Crippen LogP contribution in [0.1, 0.15) is 79.0 Å². The highest BCUT2D eigenvalue weighted by Crippen LogP contribution is 2.38. The molecule has 2 aliphatic rings. The van der Waals surface area contributed by atoms with Crippen molar-refractivity contribution in [3.8, 4) is 0 Å². The lowest BCUT2D eigenvalue weighted by Gasteiger charge is -2.26. The molecule has 4 aromatic rings. The summed E-state index contributed by atoms with van der Waals surface area (Å²) < 4.78 is 11.9. The second-order valence-corrected chi connectivity index (χ2v) is 13.1. The molecule has 0 aromatic carbocycles. The van der Waals surface area contributed by atoms with Gasteiger partial charge >= 0.3 is 0 Å². The summed E-state index contributed by atoms with van der Waals surface area (Å²) in [7, 11) is 3.84. The highest BCUT2D eigenvalue weighted by molar-refractivity contribution is 14.1. The van der Waals surface area contributed by atoms with Crippen molar-refractivity contribution in [1.82, 2.24) is 39.1 Å². The topological polar surface area (TPSA) is 91.5 Å². The number of rotatable bonds is 6. The Balaban J connectivity index is 0.000000152. The second kappa shape index (κ2) is 11.8. The highest BCUT2D eigenvalue weighted by atomic mass is 127. The fraction of sp³-hybridized carbons (Fsp3) is 0.500. The van der Waals surface area contributed by atoms with E-state index >= 15 is 0 Å².